The van der Waals surface area contributed by atoms with Gasteiger partial charge in [-0.2, -0.15) is 0 Å². The molecule has 0 amide bonds. The molecule has 0 bridgehead atoms. The van der Waals surface area contributed by atoms with Crippen LogP contribution < -0.4 is 33.5 Å². The summed E-state index contributed by atoms with van der Waals surface area (Å²) in [5.41, 5.74) is 0. The minimum absolute atomic E-state index is 0. The quantitative estimate of drug-likeness (QED) is 0.275. The van der Waals surface area contributed by atoms with Gasteiger partial charge in [-0.15, -0.1) is 0 Å². The molecule has 16 heteroatoms. The number of phosphoric acid groups is 3. The van der Waals surface area contributed by atoms with E-state index in [0.717, 1.165) is 0 Å². The molecule has 0 aliphatic carbocycles. The topological polar surface area (TPSA) is 211 Å². The van der Waals surface area contributed by atoms with Crippen molar-refractivity contribution in [2.45, 2.75) is 0 Å². The normalized spacial score (nSPS) is 14.4. The fourth-order valence-electron chi connectivity index (χ4n) is 0.126. The molecule has 4 N–H and O–H groups in total. The minimum Gasteiger partial charge on any atom is -0.790 e. The van der Waals surface area contributed by atoms with Gasteiger partial charge in [0.25, 0.3) is 7.82 Å². The van der Waals surface area contributed by atoms with E-state index in [1.54, 1.807) is 0 Å². The molecule has 0 rings (SSSR count). The van der Waals surface area contributed by atoms with Crippen molar-refractivity contribution in [3.8, 4) is 0 Å². The average molecular weight is 336 g/mol. The van der Waals surface area contributed by atoms with Crippen LogP contribution in [0.5, 0.6) is 0 Å². The van der Waals surface area contributed by atoms with Crippen molar-refractivity contribution in [3.05, 3.63) is 0 Å². The van der Waals surface area contributed by atoms with Gasteiger partial charge in [0.2, 0.25) is 0 Å². The van der Waals surface area contributed by atoms with E-state index in [1.807, 2.05) is 0 Å². The monoisotopic (exact) mass is 336 g/mol. The summed E-state index contributed by atoms with van der Waals surface area (Å²) in [5.74, 6) is 0. The van der Waals surface area contributed by atoms with Crippen LogP contribution in [-0.2, 0) is 35.1 Å². The van der Waals surface area contributed by atoms with Crippen molar-refractivity contribution in [1.82, 2.24) is 0 Å². The van der Waals surface area contributed by atoms with E-state index in [2.05, 4.69) is 4.31 Å². The molecule has 0 heterocycles. The fraction of sp³-hybridized carbons (Fsp3) is 0. The first-order valence-electron chi connectivity index (χ1n) is 2.26. The van der Waals surface area contributed by atoms with Crippen molar-refractivity contribution >= 4 is 23.5 Å². The second-order valence-electron chi connectivity index (χ2n) is 1.51. The average Bonchev–Trinajstić information content (AvgIpc) is 1.42. The Hall–Kier alpha value is 1.49. The van der Waals surface area contributed by atoms with Gasteiger partial charge < -0.3 is 38.8 Å². The van der Waals surface area contributed by atoms with E-state index in [4.69, 9.17) is 24.1 Å². The second-order valence-corrected chi connectivity index (χ2v) is 5.02. The van der Waals surface area contributed by atoms with Crippen molar-refractivity contribution in [3.63, 3.8) is 0 Å². The predicted molar refractivity (Wildman–Crippen MR) is 32.8 cm³/mol. The van der Waals surface area contributed by atoms with Crippen molar-refractivity contribution in [2.24, 2.45) is 0 Å². The van der Waals surface area contributed by atoms with Crippen LogP contribution in [0, 0.1) is 0 Å². The van der Waals surface area contributed by atoms with Crippen LogP contribution in [0.3, 0.4) is 0 Å². The maximum atomic E-state index is 9.44. The van der Waals surface area contributed by atoms with Crippen LogP contribution in [-0.4, -0.2) is 19.6 Å². The molecule has 0 aliphatic heterocycles. The molecule has 16 heavy (non-hydrogen) atoms. The Morgan fingerprint density at radius 3 is 1.06 bits per heavy atom. The van der Waals surface area contributed by atoms with Gasteiger partial charge in [0, 0.05) is 0 Å². The molecule has 0 aliphatic rings. The summed E-state index contributed by atoms with van der Waals surface area (Å²) in [6.45, 7) is 0. The Labute approximate surface area is 112 Å². The van der Waals surface area contributed by atoms with Crippen molar-refractivity contribution in [2.75, 3.05) is 0 Å². The van der Waals surface area contributed by atoms with Gasteiger partial charge in [0.05, 0.1) is 7.82 Å². The Morgan fingerprint density at radius 2 is 1.06 bits per heavy atom. The van der Waals surface area contributed by atoms with E-state index in [-0.39, 0.29) is 35.9 Å². The molecule has 94 valence electrons. The van der Waals surface area contributed by atoms with Gasteiger partial charge in [-0.1, -0.05) is 0 Å². The second kappa shape index (κ2) is 9.42. The van der Waals surface area contributed by atoms with E-state index < -0.39 is 23.5 Å². The predicted octanol–water partition coefficient (Wildman–Crippen LogP) is -6.63. The molecular formula is H4FeLiO11P3. The third-order valence-corrected chi connectivity index (χ3v) is 1.83. The van der Waals surface area contributed by atoms with Crippen LogP contribution >= 0.6 is 23.5 Å². The Kier molecular flexibility index (Phi) is 15.4. The van der Waals surface area contributed by atoms with Gasteiger partial charge in [0.1, 0.15) is 0 Å². The standard InChI is InChI=1S/Fe.Li.H4O7P2.H3O4P/c;;1-8(2,3)7-9(4,5)6;1-5(2,3)4/h;;(H2,1,2,3)(H2,4,5,6);(H3,1,2,3,4)/q+2;+1;;/p-3. The van der Waals surface area contributed by atoms with Gasteiger partial charge in [-0.25, -0.2) is 4.57 Å². The molecule has 0 saturated carbocycles. The molecule has 0 aromatic heterocycles. The zero-order chi connectivity index (χ0) is 12.2. The maximum Gasteiger partial charge on any atom is 2.00 e. The van der Waals surface area contributed by atoms with Crippen LogP contribution in [0.25, 0.3) is 0 Å². The van der Waals surface area contributed by atoms with Crippen molar-refractivity contribution in [1.29, 1.82) is 0 Å². The summed E-state index contributed by atoms with van der Waals surface area (Å²) >= 11 is 0. The summed E-state index contributed by atoms with van der Waals surface area (Å²) in [7, 11) is -15.7. The molecular weight excluding hydrogens is 332 g/mol. The van der Waals surface area contributed by atoms with E-state index >= 15 is 0 Å². The minimum atomic E-state index is -5.61. The zero-order valence-electron chi connectivity index (χ0n) is 7.34. The first-order chi connectivity index (χ1) is 5.71. The first-order valence-corrected chi connectivity index (χ1v) is 6.78. The van der Waals surface area contributed by atoms with Gasteiger partial charge in [0.15, 0.2) is 0 Å². The number of hydrogen-bond donors (Lipinski definition) is 4. The van der Waals surface area contributed by atoms with E-state index in [9.17, 15) is 23.8 Å². The Balaban J connectivity index is -0.0000000904. The summed E-state index contributed by atoms with van der Waals surface area (Å²) in [4.78, 5) is 57.3. The fourth-order valence-corrected chi connectivity index (χ4v) is 1.14. The summed E-state index contributed by atoms with van der Waals surface area (Å²) in [6.07, 6.45) is 0. The molecule has 0 aromatic rings. The molecule has 11 nitrogen and oxygen atoms in total. The Morgan fingerprint density at radius 1 is 0.875 bits per heavy atom. The first kappa shape index (κ1) is 26.1. The summed E-state index contributed by atoms with van der Waals surface area (Å²) in [6, 6.07) is 0. The number of rotatable bonds is 2. The molecule has 0 radical (unpaired) electrons. The molecule has 0 spiro atoms. The number of hydrogen-bond acceptors (Lipinski definition) is 7. The Bertz CT molecular complexity index is 264. The smallest absolute Gasteiger partial charge is 0.790 e. The third kappa shape index (κ3) is 58.0. The molecule has 0 fully saturated rings. The van der Waals surface area contributed by atoms with Crippen LogP contribution in [0.1, 0.15) is 0 Å². The van der Waals surface area contributed by atoms with Crippen molar-refractivity contribution < 1.29 is 88.2 Å². The van der Waals surface area contributed by atoms with E-state index in [1.165, 1.54) is 0 Å². The molecule has 1 atom stereocenters. The van der Waals surface area contributed by atoms with Crippen LogP contribution in [0.2, 0.25) is 0 Å². The maximum absolute atomic E-state index is 9.44. The van der Waals surface area contributed by atoms with Crippen LogP contribution in [0.4, 0.5) is 0 Å². The molecule has 1 unspecified atom stereocenters. The third-order valence-electron chi connectivity index (χ3n) is 0.203. The summed E-state index contributed by atoms with van der Waals surface area (Å²) in [5, 5.41) is 0. The van der Waals surface area contributed by atoms with Gasteiger partial charge in [-0.05, 0) is 0 Å². The largest absolute Gasteiger partial charge is 2.00 e. The van der Waals surface area contributed by atoms with Gasteiger partial charge in [-0.3, -0.25) is 8.88 Å². The SMILES string of the molecule is O=P(O)(O)O.O=P([O-])([O-])OP(=O)([O-])O.[Fe+2].[Li+]. The van der Waals surface area contributed by atoms with Crippen LogP contribution in [0.15, 0.2) is 0 Å². The molecule has 0 saturated heterocycles. The summed E-state index contributed by atoms with van der Waals surface area (Å²) < 4.78 is 30.3. The van der Waals surface area contributed by atoms with E-state index in [0.29, 0.717) is 0 Å². The molecule has 0 aromatic carbocycles. The van der Waals surface area contributed by atoms with Gasteiger partial charge >= 0.3 is 43.8 Å². The zero-order valence-corrected chi connectivity index (χ0v) is 11.1.